The molecule has 0 aliphatic heterocycles. The first-order valence-electron chi connectivity index (χ1n) is 13.5. The minimum absolute atomic E-state index is 0.0905. The molecule has 0 amide bonds. The van der Waals surface area contributed by atoms with Crippen LogP contribution in [0.5, 0.6) is 11.5 Å². The van der Waals surface area contributed by atoms with Crippen molar-refractivity contribution in [3.05, 3.63) is 53.1 Å². The summed E-state index contributed by atoms with van der Waals surface area (Å²) < 4.78 is 41.4. The Balaban J connectivity index is 2.08. The van der Waals surface area contributed by atoms with E-state index in [0.717, 1.165) is 12.0 Å². The summed E-state index contributed by atoms with van der Waals surface area (Å²) in [4.78, 5) is 35.4. The van der Waals surface area contributed by atoms with Gasteiger partial charge in [0, 0.05) is 23.0 Å². The maximum atomic E-state index is 13.0. The van der Waals surface area contributed by atoms with Crippen LogP contribution in [-0.2, 0) is 35.3 Å². The van der Waals surface area contributed by atoms with Crippen molar-refractivity contribution < 1.29 is 42.1 Å². The first-order valence-corrected chi connectivity index (χ1v) is 16.2. The molecule has 0 heterocycles. The summed E-state index contributed by atoms with van der Waals surface area (Å²) in [5.41, 5.74) is 1.62. The highest BCUT2D eigenvalue weighted by Gasteiger charge is 2.24. The monoisotopic (exact) mass is 608 g/mol. The summed E-state index contributed by atoms with van der Waals surface area (Å²) in [5.74, 6) is -0.335. The van der Waals surface area contributed by atoms with E-state index in [1.807, 2.05) is 13.8 Å². The van der Waals surface area contributed by atoms with Gasteiger partial charge in [-0.3, -0.25) is 14.4 Å². The fourth-order valence-corrected chi connectivity index (χ4v) is 6.95. The molecule has 0 fully saturated rings. The molecular weight excluding hydrogens is 568 g/mol. The van der Waals surface area contributed by atoms with Gasteiger partial charge in [0.15, 0.2) is 15.6 Å². The molecule has 2 rings (SSSR count). The molecule has 41 heavy (non-hydrogen) atoms. The van der Waals surface area contributed by atoms with Gasteiger partial charge in [0.25, 0.3) is 0 Å². The largest absolute Gasteiger partial charge is 0.507 e. The molecule has 226 valence electrons. The number of phenolic OH excluding ortho intramolecular Hbond substituents is 1. The van der Waals surface area contributed by atoms with Crippen LogP contribution in [0, 0.1) is 5.92 Å². The van der Waals surface area contributed by atoms with E-state index in [0.29, 0.717) is 23.5 Å². The summed E-state index contributed by atoms with van der Waals surface area (Å²) in [6.45, 7) is 5.37. The van der Waals surface area contributed by atoms with Crippen LogP contribution in [0.3, 0.4) is 0 Å². The van der Waals surface area contributed by atoms with Crippen molar-refractivity contribution in [2.24, 2.45) is 5.92 Å². The van der Waals surface area contributed by atoms with Crippen LogP contribution >= 0.6 is 11.8 Å². The van der Waals surface area contributed by atoms with E-state index in [1.165, 1.54) is 39.0 Å². The number of phenols is 1. The van der Waals surface area contributed by atoms with Gasteiger partial charge in [-0.1, -0.05) is 32.4 Å². The van der Waals surface area contributed by atoms with E-state index in [1.54, 1.807) is 30.3 Å². The molecule has 0 spiro atoms. The van der Waals surface area contributed by atoms with Crippen molar-refractivity contribution in [2.75, 3.05) is 32.3 Å². The summed E-state index contributed by atoms with van der Waals surface area (Å²) in [6.07, 6.45) is 1.89. The van der Waals surface area contributed by atoms with Gasteiger partial charge in [-0.2, -0.15) is 11.8 Å². The average Bonchev–Trinajstić information content (AvgIpc) is 2.94. The molecule has 2 aromatic carbocycles. The number of aromatic hydroxyl groups is 1. The molecule has 2 atom stereocenters. The van der Waals surface area contributed by atoms with E-state index in [4.69, 9.17) is 14.2 Å². The maximum absolute atomic E-state index is 13.0. The maximum Gasteiger partial charge on any atom is 0.306 e. The number of rotatable bonds is 17. The van der Waals surface area contributed by atoms with Crippen LogP contribution in [0.2, 0.25) is 0 Å². The molecule has 11 heteroatoms. The Labute approximate surface area is 246 Å². The zero-order chi connectivity index (χ0) is 30.6. The molecule has 0 bridgehead atoms. The van der Waals surface area contributed by atoms with Crippen LogP contribution in [0.15, 0.2) is 41.3 Å². The van der Waals surface area contributed by atoms with Crippen molar-refractivity contribution in [2.45, 2.75) is 63.0 Å². The highest BCUT2D eigenvalue weighted by molar-refractivity contribution is 7.99. The number of carbonyl (C=O) groups excluding carboxylic acids is 3. The number of esters is 2. The lowest BCUT2D eigenvalue weighted by Gasteiger charge is -2.23. The molecule has 1 N–H and O–H groups in total. The first-order chi connectivity index (χ1) is 19.4. The number of ketones is 1. The number of sulfone groups is 1. The van der Waals surface area contributed by atoms with Gasteiger partial charge in [-0.15, -0.1) is 0 Å². The second-order valence-electron chi connectivity index (χ2n) is 9.71. The Morgan fingerprint density at radius 3 is 2.24 bits per heavy atom. The van der Waals surface area contributed by atoms with Gasteiger partial charge >= 0.3 is 11.9 Å². The summed E-state index contributed by atoms with van der Waals surface area (Å²) in [6, 6.07) is 9.74. The van der Waals surface area contributed by atoms with Gasteiger partial charge in [0.05, 0.1) is 43.5 Å². The molecule has 0 saturated heterocycles. The first kappa shape index (κ1) is 34.2. The third-order valence-corrected chi connectivity index (χ3v) is 9.92. The number of benzene rings is 2. The van der Waals surface area contributed by atoms with E-state index in [2.05, 4.69) is 0 Å². The van der Waals surface area contributed by atoms with Crippen molar-refractivity contribution in [1.29, 1.82) is 0 Å². The molecule has 0 aliphatic rings. The fraction of sp³-hybridized carbons (Fsp3) is 0.500. The lowest BCUT2D eigenvalue weighted by Crippen LogP contribution is -2.15. The Morgan fingerprint density at radius 1 is 1.00 bits per heavy atom. The minimum Gasteiger partial charge on any atom is -0.507 e. The zero-order valence-corrected chi connectivity index (χ0v) is 25.9. The summed E-state index contributed by atoms with van der Waals surface area (Å²) >= 11 is 1.50. The van der Waals surface area contributed by atoms with Crippen LogP contribution in [0.1, 0.15) is 73.2 Å². The normalized spacial score (nSPS) is 12.8. The highest BCUT2D eigenvalue weighted by atomic mass is 32.2. The third-order valence-electron chi connectivity index (χ3n) is 6.57. The number of hydrogen-bond acceptors (Lipinski definition) is 10. The predicted octanol–water partition coefficient (Wildman–Crippen LogP) is 5.33. The summed E-state index contributed by atoms with van der Waals surface area (Å²) in [5, 5.41) is 10.3. The number of carbonyl (C=O) groups is 3. The van der Waals surface area contributed by atoms with Crippen LogP contribution in [-0.4, -0.2) is 63.6 Å². The third kappa shape index (κ3) is 10.1. The molecule has 0 aromatic heterocycles. The van der Waals surface area contributed by atoms with Crippen LogP contribution in [0.4, 0.5) is 0 Å². The van der Waals surface area contributed by atoms with Crippen molar-refractivity contribution in [1.82, 2.24) is 0 Å². The second-order valence-corrected chi connectivity index (χ2v) is 13.1. The lowest BCUT2D eigenvalue weighted by atomic mass is 9.97. The Kier molecular flexibility index (Phi) is 13.7. The van der Waals surface area contributed by atoms with E-state index >= 15 is 0 Å². The number of hydrogen-bond donors (Lipinski definition) is 1. The van der Waals surface area contributed by atoms with Gasteiger partial charge < -0.3 is 19.3 Å². The van der Waals surface area contributed by atoms with Crippen LogP contribution < -0.4 is 4.74 Å². The fourth-order valence-electron chi connectivity index (χ4n) is 4.36. The molecule has 2 aromatic rings. The number of thioether (sulfide) groups is 1. The van der Waals surface area contributed by atoms with Gasteiger partial charge in [-0.05, 0) is 55.5 Å². The van der Waals surface area contributed by atoms with E-state index in [-0.39, 0.29) is 76.7 Å². The van der Waals surface area contributed by atoms with Crippen molar-refractivity contribution >= 4 is 39.3 Å². The number of methoxy groups -OCH3 is 2. The molecule has 0 saturated carbocycles. The zero-order valence-electron chi connectivity index (χ0n) is 24.3. The molecule has 9 nitrogen and oxygen atoms in total. The second kappa shape index (κ2) is 16.4. The quantitative estimate of drug-likeness (QED) is 0.143. The highest BCUT2D eigenvalue weighted by Crippen LogP contribution is 2.38. The molecule has 2 unspecified atom stereocenters. The van der Waals surface area contributed by atoms with Gasteiger partial charge in [0.1, 0.15) is 11.5 Å². The standard InChI is InChI=1S/C30H40O9S2/c1-6-8-25-26(14-13-24(21(3)31)29(25)34)39-16-7-18-41(35,36)23-11-9-22(10-12-23)30(20(2)19-28(33)38-5)40-17-15-27(32)37-4/h9-14,20,30,34H,6-8,15-19H2,1-5H3. The summed E-state index contributed by atoms with van der Waals surface area (Å²) in [7, 11) is -0.933. The van der Waals surface area contributed by atoms with Crippen molar-refractivity contribution in [3.8, 4) is 11.5 Å². The Morgan fingerprint density at radius 2 is 1.66 bits per heavy atom. The molecule has 0 radical (unpaired) electrons. The average molecular weight is 609 g/mol. The lowest BCUT2D eigenvalue weighted by molar-refractivity contribution is -0.142. The number of ether oxygens (including phenoxy) is 3. The smallest absolute Gasteiger partial charge is 0.306 e. The topological polar surface area (TPSA) is 133 Å². The Hall–Kier alpha value is -3.05. The Bertz CT molecular complexity index is 1290. The minimum atomic E-state index is -3.59. The van der Waals surface area contributed by atoms with Gasteiger partial charge in [-0.25, -0.2) is 8.42 Å². The van der Waals surface area contributed by atoms with Gasteiger partial charge in [0.2, 0.25) is 0 Å². The SMILES string of the molecule is CCCc1c(OCCCS(=O)(=O)c2ccc(C(SCCC(=O)OC)C(C)CC(=O)OC)cc2)ccc(C(C)=O)c1O. The van der Waals surface area contributed by atoms with Crippen LogP contribution in [0.25, 0.3) is 0 Å². The molecular formula is C30H40O9S2. The van der Waals surface area contributed by atoms with Crippen molar-refractivity contribution in [3.63, 3.8) is 0 Å². The van der Waals surface area contributed by atoms with E-state index in [9.17, 15) is 27.9 Å². The molecule has 0 aliphatic carbocycles. The number of Topliss-reactive ketones (excluding diaryl/α,β-unsaturated/α-hetero) is 1. The van der Waals surface area contributed by atoms with E-state index < -0.39 is 9.84 Å². The predicted molar refractivity (Wildman–Crippen MR) is 158 cm³/mol.